The number of fused-ring (bicyclic) bond motifs is 1. The maximum atomic E-state index is 13.3. The predicted octanol–water partition coefficient (Wildman–Crippen LogP) is 9.74. The lowest BCUT2D eigenvalue weighted by molar-refractivity contribution is -0.143. The molecular weight excluding hydrogens is 661 g/mol. The highest BCUT2D eigenvalue weighted by Crippen LogP contribution is 2.37. The molecule has 0 spiro atoms. The third kappa shape index (κ3) is 10.7. The Bertz CT molecular complexity index is 1450. The SMILES string of the molecule is Cc1ccccc1CN1CCC(CCCC(=O)c2ccc3c(c2)CCN(Cc2cc(C(F)(F)F)cc(C(F)(F)F)c2)CC3)CC1.Cl.Cl. The van der Waals surface area contributed by atoms with Crippen molar-refractivity contribution in [3.63, 3.8) is 0 Å². The number of nitrogens with zero attached hydrogens (tertiary/aromatic N) is 2. The first-order valence-electron chi connectivity index (χ1n) is 15.8. The van der Waals surface area contributed by atoms with Crippen LogP contribution in [-0.2, 0) is 38.3 Å². The van der Waals surface area contributed by atoms with Gasteiger partial charge in [-0.3, -0.25) is 14.6 Å². The largest absolute Gasteiger partial charge is 0.416 e. The van der Waals surface area contributed by atoms with Crippen LogP contribution in [0.3, 0.4) is 0 Å². The molecular formula is C36H42Cl2F6N2O. The molecule has 0 radical (unpaired) electrons. The van der Waals surface area contributed by atoms with Gasteiger partial charge < -0.3 is 0 Å². The summed E-state index contributed by atoms with van der Waals surface area (Å²) in [5.41, 5.74) is 2.85. The molecule has 1 fully saturated rings. The first-order chi connectivity index (χ1) is 21.3. The lowest BCUT2D eigenvalue weighted by Gasteiger charge is -2.32. The maximum absolute atomic E-state index is 13.3. The van der Waals surface area contributed by atoms with Crippen LogP contribution in [0.25, 0.3) is 0 Å². The second kappa shape index (κ2) is 16.7. The maximum Gasteiger partial charge on any atom is 0.416 e. The standard InChI is InChI=1S/C36H40F6N2O.2ClH/c1-25-5-2-3-7-31(25)24-44-15-11-26(12-16-44)6-4-8-34(45)30-10-9-28-13-17-43(18-14-29(28)21-30)23-27-19-32(35(37,38)39)22-33(20-27)36(40,41)42;;/h2-3,5,7,9-10,19-22,26H,4,6,8,11-18,23-24H2,1H3;2*1H. The molecule has 0 N–H and O–H groups in total. The van der Waals surface area contributed by atoms with Crippen LogP contribution in [0.4, 0.5) is 26.3 Å². The summed E-state index contributed by atoms with van der Waals surface area (Å²) in [5, 5.41) is 0. The quantitative estimate of drug-likeness (QED) is 0.164. The number of ketones is 1. The Labute approximate surface area is 285 Å². The summed E-state index contributed by atoms with van der Waals surface area (Å²) in [6.45, 7) is 6.25. The fourth-order valence-electron chi connectivity index (χ4n) is 6.63. The van der Waals surface area contributed by atoms with Gasteiger partial charge >= 0.3 is 12.4 Å². The molecule has 0 aromatic heterocycles. The molecule has 0 amide bonds. The molecule has 3 aromatic rings. The fraction of sp³-hybridized carbons (Fsp3) is 0.472. The van der Waals surface area contributed by atoms with E-state index in [1.54, 1.807) is 0 Å². The summed E-state index contributed by atoms with van der Waals surface area (Å²) in [5.74, 6) is 0.743. The normalized spacial score (nSPS) is 16.5. The van der Waals surface area contributed by atoms with Gasteiger partial charge in [-0.25, -0.2) is 0 Å². The highest BCUT2D eigenvalue weighted by atomic mass is 35.5. The van der Waals surface area contributed by atoms with Gasteiger partial charge in [-0.2, -0.15) is 26.3 Å². The highest BCUT2D eigenvalue weighted by Gasteiger charge is 2.37. The lowest BCUT2D eigenvalue weighted by Crippen LogP contribution is -2.33. The van der Waals surface area contributed by atoms with Crippen molar-refractivity contribution in [1.29, 1.82) is 0 Å². The number of aryl methyl sites for hydroxylation is 1. The number of carbonyl (C=O) groups excluding carboxylic acids is 1. The molecule has 2 heterocycles. The van der Waals surface area contributed by atoms with Crippen molar-refractivity contribution in [2.75, 3.05) is 26.2 Å². The second-order valence-corrected chi connectivity index (χ2v) is 12.6. The molecule has 1 saturated heterocycles. The lowest BCUT2D eigenvalue weighted by atomic mass is 9.90. The number of carbonyl (C=O) groups is 1. The van der Waals surface area contributed by atoms with Gasteiger partial charge in [-0.1, -0.05) is 36.4 Å². The number of rotatable bonds is 9. The van der Waals surface area contributed by atoms with Gasteiger partial charge in [-0.15, -0.1) is 24.8 Å². The Morgan fingerprint density at radius 1 is 0.745 bits per heavy atom. The average Bonchev–Trinajstić information content (AvgIpc) is 3.20. The molecule has 0 saturated carbocycles. The van der Waals surface area contributed by atoms with Crippen LogP contribution >= 0.6 is 24.8 Å². The van der Waals surface area contributed by atoms with Gasteiger partial charge in [0.05, 0.1) is 11.1 Å². The molecule has 0 bridgehead atoms. The van der Waals surface area contributed by atoms with Crippen LogP contribution < -0.4 is 0 Å². The first-order valence-corrected chi connectivity index (χ1v) is 15.8. The van der Waals surface area contributed by atoms with Gasteiger partial charge in [0, 0.05) is 38.2 Å². The number of hydrogen-bond acceptors (Lipinski definition) is 3. The predicted molar refractivity (Wildman–Crippen MR) is 177 cm³/mol. The van der Waals surface area contributed by atoms with Crippen LogP contribution in [0.1, 0.15) is 81.4 Å². The van der Waals surface area contributed by atoms with Gasteiger partial charge in [0.1, 0.15) is 0 Å². The van der Waals surface area contributed by atoms with Crippen LogP contribution in [0.15, 0.2) is 60.7 Å². The number of alkyl halides is 6. The minimum Gasteiger partial charge on any atom is -0.299 e. The van der Waals surface area contributed by atoms with E-state index in [1.807, 2.05) is 23.1 Å². The van der Waals surface area contributed by atoms with Crippen molar-refractivity contribution in [2.45, 2.75) is 77.3 Å². The Morgan fingerprint density at radius 2 is 1.34 bits per heavy atom. The number of benzene rings is 3. The fourth-order valence-corrected chi connectivity index (χ4v) is 6.63. The number of hydrogen-bond donors (Lipinski definition) is 0. The van der Waals surface area contributed by atoms with E-state index in [1.165, 1.54) is 11.1 Å². The third-order valence-electron chi connectivity index (χ3n) is 9.36. The molecule has 2 aliphatic heterocycles. The minimum atomic E-state index is -4.87. The molecule has 3 nitrogen and oxygen atoms in total. The van der Waals surface area contributed by atoms with E-state index in [0.717, 1.165) is 68.6 Å². The minimum absolute atomic E-state index is 0. The summed E-state index contributed by atoms with van der Waals surface area (Å²) < 4.78 is 79.9. The molecule has 0 aliphatic carbocycles. The van der Waals surface area contributed by atoms with Crippen LogP contribution in [0, 0.1) is 12.8 Å². The topological polar surface area (TPSA) is 23.6 Å². The van der Waals surface area contributed by atoms with Crippen molar-refractivity contribution in [3.8, 4) is 0 Å². The van der Waals surface area contributed by atoms with E-state index >= 15 is 0 Å². The van der Waals surface area contributed by atoms with Crippen LogP contribution in [0.5, 0.6) is 0 Å². The van der Waals surface area contributed by atoms with Gasteiger partial charge in [0.15, 0.2) is 5.78 Å². The van der Waals surface area contributed by atoms with Crippen molar-refractivity contribution in [1.82, 2.24) is 9.80 Å². The Hall–Kier alpha value is -2.59. The van der Waals surface area contributed by atoms with Gasteiger partial charge in [0.25, 0.3) is 0 Å². The number of halogens is 8. The molecule has 258 valence electrons. The third-order valence-corrected chi connectivity index (χ3v) is 9.36. The van der Waals surface area contributed by atoms with Gasteiger partial charge in [-0.05, 0) is 117 Å². The Kier molecular flexibility index (Phi) is 13.8. The highest BCUT2D eigenvalue weighted by molar-refractivity contribution is 5.96. The van der Waals surface area contributed by atoms with Crippen molar-refractivity contribution >= 4 is 30.6 Å². The molecule has 2 aliphatic rings. The van der Waals surface area contributed by atoms with Crippen LogP contribution in [-0.4, -0.2) is 41.8 Å². The molecule has 11 heteroatoms. The molecule has 0 atom stereocenters. The van der Waals surface area contributed by atoms with Crippen molar-refractivity contribution < 1.29 is 31.1 Å². The van der Waals surface area contributed by atoms with E-state index < -0.39 is 23.5 Å². The van der Waals surface area contributed by atoms with E-state index in [-0.39, 0.29) is 48.8 Å². The van der Waals surface area contributed by atoms with E-state index in [4.69, 9.17) is 0 Å². The Balaban J connectivity index is 0.00000300. The zero-order valence-corrected chi connectivity index (χ0v) is 28.1. The van der Waals surface area contributed by atoms with E-state index in [2.05, 4.69) is 36.1 Å². The first kappa shape index (κ1) is 38.9. The van der Waals surface area contributed by atoms with Gasteiger partial charge in [0.2, 0.25) is 0 Å². The second-order valence-electron chi connectivity index (χ2n) is 12.6. The van der Waals surface area contributed by atoms with Crippen LogP contribution in [0.2, 0.25) is 0 Å². The van der Waals surface area contributed by atoms with E-state index in [0.29, 0.717) is 43.8 Å². The molecule has 3 aromatic carbocycles. The average molecular weight is 704 g/mol. The number of Topliss-reactive ketones (excluding diaryl/α,β-unsaturated/α-hetero) is 1. The zero-order valence-electron chi connectivity index (χ0n) is 26.4. The molecule has 5 rings (SSSR count). The molecule has 47 heavy (non-hydrogen) atoms. The van der Waals surface area contributed by atoms with E-state index in [9.17, 15) is 31.1 Å². The molecule has 0 unspecified atom stereocenters. The smallest absolute Gasteiger partial charge is 0.299 e. The Morgan fingerprint density at radius 3 is 1.96 bits per heavy atom. The monoisotopic (exact) mass is 702 g/mol. The summed E-state index contributed by atoms with van der Waals surface area (Å²) in [7, 11) is 0. The summed E-state index contributed by atoms with van der Waals surface area (Å²) >= 11 is 0. The summed E-state index contributed by atoms with van der Waals surface area (Å²) in [6, 6.07) is 16.0. The zero-order chi connectivity index (χ0) is 32.2. The number of piperidine rings is 1. The summed E-state index contributed by atoms with van der Waals surface area (Å²) in [6.07, 6.45) is -3.88. The summed E-state index contributed by atoms with van der Waals surface area (Å²) in [4.78, 5) is 17.5. The number of likely N-dealkylation sites (tertiary alicyclic amines) is 1. The van der Waals surface area contributed by atoms with Crippen molar-refractivity contribution in [3.05, 3.63) is 105 Å². The van der Waals surface area contributed by atoms with Crippen molar-refractivity contribution in [2.24, 2.45) is 5.92 Å².